The van der Waals surface area contributed by atoms with Gasteiger partial charge >= 0.3 is 0 Å². The molecule has 0 fully saturated rings. The van der Waals surface area contributed by atoms with Crippen molar-refractivity contribution < 1.29 is 4.79 Å². The minimum atomic E-state index is -0.0339. The number of halogens is 1. The number of amides is 1. The molecule has 0 atom stereocenters. The van der Waals surface area contributed by atoms with E-state index in [1.54, 1.807) is 6.07 Å². The molecule has 1 amide bonds. The molecular weight excluding hydrogens is 284 g/mol. The van der Waals surface area contributed by atoms with Crippen LogP contribution in [0, 0.1) is 0 Å². The molecule has 0 saturated heterocycles. The molecule has 0 aliphatic rings. The Kier molecular flexibility index (Phi) is 3.93. The van der Waals surface area contributed by atoms with Gasteiger partial charge in [-0.15, -0.1) is 0 Å². The van der Waals surface area contributed by atoms with E-state index < -0.39 is 0 Å². The summed E-state index contributed by atoms with van der Waals surface area (Å²) < 4.78 is 0. The molecule has 106 valence electrons. The second kappa shape index (κ2) is 6.02. The molecule has 0 aliphatic heterocycles. The van der Waals surface area contributed by atoms with E-state index in [-0.39, 0.29) is 5.91 Å². The van der Waals surface area contributed by atoms with Crippen LogP contribution < -0.4 is 5.32 Å². The van der Waals surface area contributed by atoms with Gasteiger partial charge in [0.1, 0.15) is 0 Å². The number of benzene rings is 2. The molecule has 3 aromatic rings. The Balaban J connectivity index is 1.65. The first-order chi connectivity index (χ1) is 10.2. The third-order valence-electron chi connectivity index (χ3n) is 3.46. The number of hydrogen-bond donors (Lipinski definition) is 2. The SMILES string of the molecule is O=C(Cc1ccccc1Cl)NCc1c[nH]c2ccccc12. The van der Waals surface area contributed by atoms with Crippen LogP contribution in [0.25, 0.3) is 10.9 Å². The molecule has 2 N–H and O–H groups in total. The van der Waals surface area contributed by atoms with Crippen molar-refractivity contribution >= 4 is 28.4 Å². The maximum absolute atomic E-state index is 12.0. The molecule has 3 nitrogen and oxygen atoms in total. The van der Waals surface area contributed by atoms with E-state index in [0.717, 1.165) is 22.0 Å². The summed E-state index contributed by atoms with van der Waals surface area (Å²) in [6.45, 7) is 0.507. The summed E-state index contributed by atoms with van der Waals surface area (Å²) in [6, 6.07) is 15.4. The van der Waals surface area contributed by atoms with Gasteiger partial charge in [-0.3, -0.25) is 4.79 Å². The number of aromatic nitrogens is 1. The smallest absolute Gasteiger partial charge is 0.224 e. The molecule has 1 heterocycles. The highest BCUT2D eigenvalue weighted by Gasteiger charge is 2.08. The monoisotopic (exact) mass is 298 g/mol. The minimum Gasteiger partial charge on any atom is -0.361 e. The first kappa shape index (κ1) is 13.7. The standard InChI is InChI=1S/C17H15ClN2O/c18-15-7-3-1-5-12(15)9-17(21)20-11-13-10-19-16-8-4-2-6-14(13)16/h1-8,10,19H,9,11H2,(H,20,21). The van der Waals surface area contributed by atoms with Crippen molar-refractivity contribution in [2.45, 2.75) is 13.0 Å². The van der Waals surface area contributed by atoms with Crippen LogP contribution in [0.2, 0.25) is 5.02 Å². The summed E-state index contributed by atoms with van der Waals surface area (Å²) in [6.07, 6.45) is 2.22. The first-order valence-corrected chi connectivity index (χ1v) is 7.17. The predicted octanol–water partition coefficient (Wildman–Crippen LogP) is 3.68. The molecule has 4 heteroatoms. The van der Waals surface area contributed by atoms with Crippen molar-refractivity contribution in [1.29, 1.82) is 0 Å². The lowest BCUT2D eigenvalue weighted by Gasteiger charge is -2.06. The molecule has 0 aliphatic carbocycles. The third-order valence-corrected chi connectivity index (χ3v) is 3.83. The highest BCUT2D eigenvalue weighted by Crippen LogP contribution is 2.18. The average Bonchev–Trinajstić information content (AvgIpc) is 2.91. The molecule has 0 unspecified atom stereocenters. The van der Waals surface area contributed by atoms with Gasteiger partial charge in [0, 0.05) is 28.7 Å². The number of para-hydroxylation sites is 1. The van der Waals surface area contributed by atoms with Gasteiger partial charge in [0.05, 0.1) is 6.42 Å². The highest BCUT2D eigenvalue weighted by atomic mass is 35.5. The molecule has 21 heavy (non-hydrogen) atoms. The van der Waals surface area contributed by atoms with Crippen LogP contribution in [-0.4, -0.2) is 10.9 Å². The van der Waals surface area contributed by atoms with Crippen molar-refractivity contribution in [3.05, 3.63) is 70.9 Å². The number of nitrogens with one attached hydrogen (secondary N) is 2. The van der Waals surface area contributed by atoms with Crippen molar-refractivity contribution in [1.82, 2.24) is 10.3 Å². The molecule has 0 spiro atoms. The summed E-state index contributed by atoms with van der Waals surface area (Å²) in [5, 5.41) is 4.69. The van der Waals surface area contributed by atoms with Crippen LogP contribution in [0.1, 0.15) is 11.1 Å². The largest absolute Gasteiger partial charge is 0.361 e. The number of hydrogen-bond acceptors (Lipinski definition) is 1. The van der Waals surface area contributed by atoms with Gasteiger partial charge in [-0.25, -0.2) is 0 Å². The number of rotatable bonds is 4. The van der Waals surface area contributed by atoms with Crippen LogP contribution in [0.4, 0.5) is 0 Å². The fraction of sp³-hybridized carbons (Fsp3) is 0.118. The average molecular weight is 299 g/mol. The summed E-state index contributed by atoms with van der Waals surface area (Å²) in [5.74, 6) is -0.0339. The molecule has 2 aromatic carbocycles. The molecule has 1 aromatic heterocycles. The summed E-state index contributed by atoms with van der Waals surface area (Å²) in [4.78, 5) is 15.2. The molecule has 3 rings (SSSR count). The Morgan fingerprint density at radius 2 is 1.81 bits per heavy atom. The van der Waals surface area contributed by atoms with Crippen molar-refractivity contribution in [3.63, 3.8) is 0 Å². The van der Waals surface area contributed by atoms with Crippen molar-refractivity contribution in [3.8, 4) is 0 Å². The Labute approximate surface area is 127 Å². The van der Waals surface area contributed by atoms with Gasteiger partial charge < -0.3 is 10.3 Å². The summed E-state index contributed by atoms with van der Waals surface area (Å²) >= 11 is 6.06. The van der Waals surface area contributed by atoms with Crippen LogP contribution in [0.15, 0.2) is 54.7 Å². The summed E-state index contributed by atoms with van der Waals surface area (Å²) in [5.41, 5.74) is 3.00. The Hall–Kier alpha value is -2.26. The van der Waals surface area contributed by atoms with E-state index in [2.05, 4.69) is 10.3 Å². The fourth-order valence-corrected chi connectivity index (χ4v) is 2.55. The zero-order valence-corrected chi connectivity index (χ0v) is 12.2. The number of carbonyl (C=O) groups is 1. The molecule has 0 saturated carbocycles. The fourth-order valence-electron chi connectivity index (χ4n) is 2.35. The van der Waals surface area contributed by atoms with Crippen LogP contribution in [0.3, 0.4) is 0 Å². The van der Waals surface area contributed by atoms with E-state index in [4.69, 9.17) is 11.6 Å². The lowest BCUT2D eigenvalue weighted by atomic mass is 10.1. The van der Waals surface area contributed by atoms with E-state index in [1.807, 2.05) is 48.7 Å². The maximum atomic E-state index is 12.0. The van der Waals surface area contributed by atoms with Gasteiger partial charge in [0.2, 0.25) is 5.91 Å². The molecule has 0 bridgehead atoms. The molecular formula is C17H15ClN2O. The molecule has 0 radical (unpaired) electrons. The van der Waals surface area contributed by atoms with E-state index >= 15 is 0 Å². The number of H-pyrrole nitrogens is 1. The van der Waals surface area contributed by atoms with Gasteiger partial charge in [0.25, 0.3) is 0 Å². The Morgan fingerprint density at radius 1 is 1.05 bits per heavy atom. The topological polar surface area (TPSA) is 44.9 Å². The van der Waals surface area contributed by atoms with Gasteiger partial charge in [-0.2, -0.15) is 0 Å². The predicted molar refractivity (Wildman–Crippen MR) is 85.3 cm³/mol. The minimum absolute atomic E-state index is 0.0339. The normalized spacial score (nSPS) is 10.7. The van der Waals surface area contributed by atoms with Gasteiger partial charge in [-0.05, 0) is 23.3 Å². The van der Waals surface area contributed by atoms with Crippen LogP contribution >= 0.6 is 11.6 Å². The quantitative estimate of drug-likeness (QED) is 0.758. The van der Waals surface area contributed by atoms with Crippen molar-refractivity contribution in [2.75, 3.05) is 0 Å². The Morgan fingerprint density at radius 3 is 2.67 bits per heavy atom. The number of aromatic amines is 1. The van der Waals surface area contributed by atoms with E-state index in [1.165, 1.54) is 0 Å². The van der Waals surface area contributed by atoms with Crippen molar-refractivity contribution in [2.24, 2.45) is 0 Å². The summed E-state index contributed by atoms with van der Waals surface area (Å²) in [7, 11) is 0. The second-order valence-corrected chi connectivity index (χ2v) is 5.31. The zero-order chi connectivity index (χ0) is 14.7. The highest BCUT2D eigenvalue weighted by molar-refractivity contribution is 6.31. The second-order valence-electron chi connectivity index (χ2n) is 4.90. The Bertz CT molecular complexity index is 779. The van der Waals surface area contributed by atoms with Gasteiger partial charge in [0.15, 0.2) is 0 Å². The maximum Gasteiger partial charge on any atom is 0.224 e. The zero-order valence-electron chi connectivity index (χ0n) is 11.4. The lowest BCUT2D eigenvalue weighted by molar-refractivity contribution is -0.120. The first-order valence-electron chi connectivity index (χ1n) is 6.79. The number of fused-ring (bicyclic) bond motifs is 1. The van der Waals surface area contributed by atoms with Crippen LogP contribution in [0.5, 0.6) is 0 Å². The van der Waals surface area contributed by atoms with Gasteiger partial charge in [-0.1, -0.05) is 48.0 Å². The number of carbonyl (C=O) groups excluding carboxylic acids is 1. The van der Waals surface area contributed by atoms with Crippen LogP contribution in [-0.2, 0) is 17.8 Å². The van der Waals surface area contributed by atoms with E-state index in [0.29, 0.717) is 18.0 Å². The van der Waals surface area contributed by atoms with E-state index in [9.17, 15) is 4.79 Å². The lowest BCUT2D eigenvalue weighted by Crippen LogP contribution is -2.24. The third kappa shape index (κ3) is 3.09.